The largest absolute Gasteiger partial charge is 0.464 e. The predicted octanol–water partition coefficient (Wildman–Crippen LogP) is 1.59. The van der Waals surface area contributed by atoms with Gasteiger partial charge < -0.3 is 4.74 Å². The third-order valence-corrected chi connectivity index (χ3v) is 2.00. The van der Waals surface area contributed by atoms with Crippen LogP contribution in [-0.2, 0) is 11.9 Å². The van der Waals surface area contributed by atoms with Crippen molar-refractivity contribution >= 4 is 15.9 Å². The lowest BCUT2D eigenvalue weighted by atomic mass is 10.6. The standard InChI is InChI=1S/C7H12BrN3O/c1-3-11-6(5-8)9-10-7(11)12-4-2/h3-5H2,1-2H3. The number of ether oxygens (including phenoxy) is 1. The molecule has 68 valence electrons. The molecule has 0 atom stereocenters. The van der Waals surface area contributed by atoms with E-state index in [1.807, 2.05) is 18.4 Å². The monoisotopic (exact) mass is 233 g/mol. The number of alkyl halides is 1. The molecule has 0 aliphatic carbocycles. The Morgan fingerprint density at radius 2 is 2.17 bits per heavy atom. The summed E-state index contributed by atoms with van der Waals surface area (Å²) in [6, 6.07) is 0.606. The summed E-state index contributed by atoms with van der Waals surface area (Å²) in [7, 11) is 0. The van der Waals surface area contributed by atoms with Crippen molar-refractivity contribution < 1.29 is 4.74 Å². The summed E-state index contributed by atoms with van der Waals surface area (Å²) in [6.45, 7) is 5.43. The Morgan fingerprint density at radius 1 is 1.42 bits per heavy atom. The van der Waals surface area contributed by atoms with Crippen LogP contribution in [0.15, 0.2) is 0 Å². The number of aromatic nitrogens is 3. The average Bonchev–Trinajstić information content (AvgIpc) is 2.47. The first kappa shape index (κ1) is 9.51. The summed E-state index contributed by atoms with van der Waals surface area (Å²) in [4.78, 5) is 0. The first-order valence-corrected chi connectivity index (χ1v) is 5.06. The van der Waals surface area contributed by atoms with Gasteiger partial charge in [-0.25, -0.2) is 0 Å². The topological polar surface area (TPSA) is 39.9 Å². The fourth-order valence-electron chi connectivity index (χ4n) is 0.971. The molecule has 1 heterocycles. The van der Waals surface area contributed by atoms with E-state index in [4.69, 9.17) is 4.74 Å². The Kier molecular flexibility index (Phi) is 3.52. The maximum absolute atomic E-state index is 5.28. The summed E-state index contributed by atoms with van der Waals surface area (Å²) >= 11 is 3.33. The minimum Gasteiger partial charge on any atom is -0.464 e. The molecule has 12 heavy (non-hydrogen) atoms. The van der Waals surface area contributed by atoms with E-state index in [9.17, 15) is 0 Å². The normalized spacial score (nSPS) is 10.2. The van der Waals surface area contributed by atoms with E-state index in [0.29, 0.717) is 17.9 Å². The SMILES string of the molecule is CCOc1nnc(CBr)n1CC. The second kappa shape index (κ2) is 4.45. The molecule has 1 aromatic heterocycles. The molecule has 4 nitrogen and oxygen atoms in total. The molecule has 0 N–H and O–H groups in total. The van der Waals surface area contributed by atoms with E-state index >= 15 is 0 Å². The zero-order valence-corrected chi connectivity index (χ0v) is 8.84. The van der Waals surface area contributed by atoms with Crippen molar-refractivity contribution in [3.8, 4) is 6.01 Å². The zero-order valence-electron chi connectivity index (χ0n) is 7.25. The summed E-state index contributed by atoms with van der Waals surface area (Å²) in [5.74, 6) is 0.904. The molecule has 0 saturated heterocycles. The summed E-state index contributed by atoms with van der Waals surface area (Å²) in [6.07, 6.45) is 0. The first-order chi connectivity index (χ1) is 5.83. The number of hydrogen-bond acceptors (Lipinski definition) is 3. The smallest absolute Gasteiger partial charge is 0.316 e. The third-order valence-electron chi connectivity index (χ3n) is 1.50. The molecule has 0 bridgehead atoms. The van der Waals surface area contributed by atoms with E-state index in [-0.39, 0.29) is 0 Å². The number of rotatable bonds is 4. The lowest BCUT2D eigenvalue weighted by Gasteiger charge is -2.04. The van der Waals surface area contributed by atoms with Crippen LogP contribution in [0.1, 0.15) is 19.7 Å². The molecule has 1 aromatic rings. The van der Waals surface area contributed by atoms with Gasteiger partial charge >= 0.3 is 6.01 Å². The van der Waals surface area contributed by atoms with Crippen LogP contribution in [0.5, 0.6) is 6.01 Å². The van der Waals surface area contributed by atoms with Crippen molar-refractivity contribution in [2.45, 2.75) is 25.7 Å². The van der Waals surface area contributed by atoms with Crippen LogP contribution < -0.4 is 4.74 Å². The van der Waals surface area contributed by atoms with E-state index in [1.54, 1.807) is 0 Å². The second-order valence-corrected chi connectivity index (χ2v) is 2.77. The van der Waals surface area contributed by atoms with Crippen LogP contribution in [-0.4, -0.2) is 21.4 Å². The van der Waals surface area contributed by atoms with Gasteiger partial charge in [-0.1, -0.05) is 21.0 Å². The van der Waals surface area contributed by atoms with E-state index in [1.165, 1.54) is 0 Å². The fraction of sp³-hybridized carbons (Fsp3) is 0.714. The van der Waals surface area contributed by atoms with Gasteiger partial charge in [0.05, 0.1) is 11.9 Å². The molecule has 0 saturated carbocycles. The molecule has 0 aliphatic heterocycles. The molecule has 1 rings (SSSR count). The van der Waals surface area contributed by atoms with E-state index in [0.717, 1.165) is 12.4 Å². The van der Waals surface area contributed by atoms with Gasteiger partial charge in [-0.3, -0.25) is 4.57 Å². The minimum absolute atomic E-state index is 0.606. The molecule has 0 spiro atoms. The summed E-state index contributed by atoms with van der Waals surface area (Å²) in [5.41, 5.74) is 0. The zero-order chi connectivity index (χ0) is 8.97. The molecule has 0 unspecified atom stereocenters. The average molecular weight is 234 g/mol. The highest BCUT2D eigenvalue weighted by Crippen LogP contribution is 2.12. The maximum atomic E-state index is 5.28. The van der Waals surface area contributed by atoms with Gasteiger partial charge in [0.2, 0.25) is 0 Å². The molecule has 0 radical (unpaired) electrons. The lowest BCUT2D eigenvalue weighted by Crippen LogP contribution is -2.04. The number of hydrogen-bond donors (Lipinski definition) is 0. The minimum atomic E-state index is 0.606. The van der Waals surface area contributed by atoms with Crippen LogP contribution in [0, 0.1) is 0 Å². The Labute approximate surface area is 80.1 Å². The van der Waals surface area contributed by atoms with Gasteiger partial charge in [-0.05, 0) is 13.8 Å². The first-order valence-electron chi connectivity index (χ1n) is 3.94. The molecule has 5 heteroatoms. The summed E-state index contributed by atoms with van der Waals surface area (Å²) < 4.78 is 7.22. The third kappa shape index (κ3) is 1.77. The van der Waals surface area contributed by atoms with Crippen molar-refractivity contribution in [1.29, 1.82) is 0 Å². The Balaban J connectivity index is 2.88. The second-order valence-electron chi connectivity index (χ2n) is 2.21. The highest BCUT2D eigenvalue weighted by molar-refractivity contribution is 9.08. The molecular weight excluding hydrogens is 222 g/mol. The van der Waals surface area contributed by atoms with E-state index in [2.05, 4.69) is 26.1 Å². The Morgan fingerprint density at radius 3 is 2.67 bits per heavy atom. The van der Waals surface area contributed by atoms with Gasteiger partial charge in [0.15, 0.2) is 0 Å². The van der Waals surface area contributed by atoms with Gasteiger partial charge in [0.25, 0.3) is 0 Å². The highest BCUT2D eigenvalue weighted by Gasteiger charge is 2.08. The number of halogens is 1. The van der Waals surface area contributed by atoms with E-state index < -0.39 is 0 Å². The highest BCUT2D eigenvalue weighted by atomic mass is 79.9. The van der Waals surface area contributed by atoms with Gasteiger partial charge in [0.1, 0.15) is 5.82 Å². The van der Waals surface area contributed by atoms with Crippen LogP contribution >= 0.6 is 15.9 Å². The Bertz CT molecular complexity index is 249. The molecule has 0 amide bonds. The van der Waals surface area contributed by atoms with Gasteiger partial charge in [0, 0.05) is 6.54 Å². The molecule has 0 aromatic carbocycles. The quantitative estimate of drug-likeness (QED) is 0.742. The van der Waals surface area contributed by atoms with Crippen molar-refractivity contribution in [3.63, 3.8) is 0 Å². The molecular formula is C7H12BrN3O. The molecule has 0 aliphatic rings. The molecule has 0 fully saturated rings. The van der Waals surface area contributed by atoms with Crippen LogP contribution in [0.4, 0.5) is 0 Å². The summed E-state index contributed by atoms with van der Waals surface area (Å²) in [5, 5.41) is 8.58. The lowest BCUT2D eigenvalue weighted by molar-refractivity contribution is 0.296. The van der Waals surface area contributed by atoms with Crippen LogP contribution in [0.25, 0.3) is 0 Å². The van der Waals surface area contributed by atoms with Gasteiger partial charge in [-0.15, -0.1) is 5.10 Å². The van der Waals surface area contributed by atoms with Crippen molar-refractivity contribution in [3.05, 3.63) is 5.82 Å². The van der Waals surface area contributed by atoms with Crippen LogP contribution in [0.2, 0.25) is 0 Å². The van der Waals surface area contributed by atoms with Crippen molar-refractivity contribution in [2.75, 3.05) is 6.61 Å². The van der Waals surface area contributed by atoms with Crippen molar-refractivity contribution in [2.24, 2.45) is 0 Å². The fourth-order valence-corrected chi connectivity index (χ4v) is 1.39. The van der Waals surface area contributed by atoms with Crippen LogP contribution in [0.3, 0.4) is 0 Å². The Hall–Kier alpha value is -0.580. The maximum Gasteiger partial charge on any atom is 0.316 e. The predicted molar refractivity (Wildman–Crippen MR) is 49.5 cm³/mol. The number of nitrogens with zero attached hydrogens (tertiary/aromatic N) is 3. The van der Waals surface area contributed by atoms with Crippen molar-refractivity contribution in [1.82, 2.24) is 14.8 Å². The van der Waals surface area contributed by atoms with Gasteiger partial charge in [-0.2, -0.15) is 0 Å².